The molecule has 3 rings (SSSR count). The van der Waals surface area contributed by atoms with Crippen molar-refractivity contribution >= 4 is 26.9 Å². The van der Waals surface area contributed by atoms with E-state index >= 15 is 0 Å². The average molecular weight is 447 g/mol. The maximum atomic E-state index is 11.2. The van der Waals surface area contributed by atoms with Crippen molar-refractivity contribution in [2.75, 3.05) is 32.4 Å². The van der Waals surface area contributed by atoms with Crippen molar-refractivity contribution < 1.29 is 8.42 Å². The summed E-state index contributed by atoms with van der Waals surface area (Å²) in [7, 11) is -3.22. The second-order valence-electron chi connectivity index (χ2n) is 7.15. The number of H-pyrrole nitrogens is 1. The molecule has 0 aliphatic rings. The topological polar surface area (TPSA) is 129 Å². The van der Waals surface area contributed by atoms with E-state index in [0.717, 1.165) is 30.4 Å². The number of hydrogen-bond acceptors (Lipinski definition) is 5. The SMILES string of the molecule is CCc1nncn1CCNC(=NCCNS(C)(=O)=O)NCCc1c[nH]c2ccccc12. The molecule has 0 aliphatic heterocycles. The van der Waals surface area contributed by atoms with Crippen LogP contribution in [0.1, 0.15) is 18.3 Å². The highest BCUT2D eigenvalue weighted by atomic mass is 32.2. The van der Waals surface area contributed by atoms with Crippen molar-refractivity contribution in [2.45, 2.75) is 26.3 Å². The lowest BCUT2D eigenvalue weighted by Gasteiger charge is -2.13. The highest BCUT2D eigenvalue weighted by molar-refractivity contribution is 7.88. The van der Waals surface area contributed by atoms with Gasteiger partial charge in [-0.05, 0) is 18.1 Å². The molecule has 4 N–H and O–H groups in total. The molecule has 0 fully saturated rings. The number of hydrogen-bond donors (Lipinski definition) is 4. The largest absolute Gasteiger partial charge is 0.361 e. The Labute approximate surface area is 182 Å². The molecule has 0 amide bonds. The van der Waals surface area contributed by atoms with Crippen molar-refractivity contribution in [3.63, 3.8) is 0 Å². The fraction of sp³-hybridized carbons (Fsp3) is 0.450. The van der Waals surface area contributed by atoms with E-state index in [1.54, 1.807) is 6.33 Å². The van der Waals surface area contributed by atoms with E-state index in [1.807, 2.05) is 29.8 Å². The van der Waals surface area contributed by atoms with Gasteiger partial charge >= 0.3 is 0 Å². The molecule has 10 nitrogen and oxygen atoms in total. The molecule has 1 aromatic carbocycles. The minimum absolute atomic E-state index is 0.250. The number of aliphatic imine (C=N–C) groups is 1. The summed E-state index contributed by atoms with van der Waals surface area (Å²) >= 11 is 0. The molecule has 0 saturated heterocycles. The van der Waals surface area contributed by atoms with Crippen LogP contribution in [-0.4, -0.2) is 66.6 Å². The lowest BCUT2D eigenvalue weighted by atomic mass is 10.1. The molecule has 0 unspecified atom stereocenters. The summed E-state index contributed by atoms with van der Waals surface area (Å²) in [5.74, 6) is 1.58. The molecule has 2 heterocycles. The Kier molecular flexibility index (Phi) is 8.01. The molecule has 0 aliphatic carbocycles. The summed E-state index contributed by atoms with van der Waals surface area (Å²) in [6.07, 6.45) is 6.54. The van der Waals surface area contributed by atoms with Crippen LogP contribution in [0.15, 0.2) is 41.8 Å². The minimum Gasteiger partial charge on any atom is -0.361 e. The average Bonchev–Trinajstić information content (AvgIpc) is 3.37. The number of benzene rings is 1. The van der Waals surface area contributed by atoms with Crippen LogP contribution in [0.2, 0.25) is 0 Å². The molecule has 31 heavy (non-hydrogen) atoms. The highest BCUT2D eigenvalue weighted by Gasteiger charge is 2.06. The zero-order valence-electron chi connectivity index (χ0n) is 17.9. The summed E-state index contributed by atoms with van der Waals surface area (Å²) in [6.45, 7) is 4.67. The zero-order valence-corrected chi connectivity index (χ0v) is 18.7. The fourth-order valence-corrected chi connectivity index (χ4v) is 3.72. The molecule has 0 saturated carbocycles. The van der Waals surface area contributed by atoms with Gasteiger partial charge in [0, 0.05) is 49.7 Å². The van der Waals surface area contributed by atoms with Gasteiger partial charge in [-0.25, -0.2) is 13.1 Å². The third kappa shape index (κ3) is 7.07. The van der Waals surface area contributed by atoms with Crippen molar-refractivity contribution in [2.24, 2.45) is 4.99 Å². The molecule has 168 valence electrons. The third-order valence-corrected chi connectivity index (χ3v) is 5.49. The minimum atomic E-state index is -3.22. The van der Waals surface area contributed by atoms with Gasteiger partial charge in [-0.3, -0.25) is 4.99 Å². The van der Waals surface area contributed by atoms with Gasteiger partial charge in [0.25, 0.3) is 0 Å². The summed E-state index contributed by atoms with van der Waals surface area (Å²) in [5.41, 5.74) is 2.36. The van der Waals surface area contributed by atoms with Crippen LogP contribution in [0, 0.1) is 0 Å². The fourth-order valence-electron chi connectivity index (χ4n) is 3.26. The van der Waals surface area contributed by atoms with Gasteiger partial charge in [0.1, 0.15) is 12.2 Å². The summed E-state index contributed by atoms with van der Waals surface area (Å²) < 4.78 is 26.9. The standard InChI is InChI=1S/C20H30N8O2S/c1-3-19-27-25-15-28(19)13-12-23-20(22-10-11-26-31(2,29)30)21-9-8-16-14-24-18-7-5-4-6-17(16)18/h4-7,14-15,24,26H,3,8-13H2,1-2H3,(H2,21,22,23). The maximum absolute atomic E-state index is 11.2. The number of nitrogens with zero attached hydrogens (tertiary/aromatic N) is 4. The van der Waals surface area contributed by atoms with Gasteiger partial charge in [0.05, 0.1) is 12.8 Å². The van der Waals surface area contributed by atoms with E-state index in [2.05, 4.69) is 47.7 Å². The predicted octanol–water partition coefficient (Wildman–Crippen LogP) is 0.649. The molecule has 3 aromatic rings. The quantitative estimate of drug-likeness (QED) is 0.194. The number of nitrogens with one attached hydrogen (secondary N) is 4. The number of fused-ring (bicyclic) bond motifs is 1. The van der Waals surface area contributed by atoms with Crippen LogP contribution in [0.4, 0.5) is 0 Å². The van der Waals surface area contributed by atoms with Gasteiger partial charge in [-0.2, -0.15) is 0 Å². The number of sulfonamides is 1. The molecule has 0 spiro atoms. The van der Waals surface area contributed by atoms with Crippen molar-refractivity contribution in [3.8, 4) is 0 Å². The Morgan fingerprint density at radius 3 is 2.81 bits per heavy atom. The first-order valence-electron chi connectivity index (χ1n) is 10.3. The second-order valence-corrected chi connectivity index (χ2v) is 8.99. The van der Waals surface area contributed by atoms with E-state index in [4.69, 9.17) is 0 Å². The van der Waals surface area contributed by atoms with Crippen molar-refractivity contribution in [1.29, 1.82) is 0 Å². The van der Waals surface area contributed by atoms with E-state index in [0.29, 0.717) is 32.1 Å². The monoisotopic (exact) mass is 446 g/mol. The van der Waals surface area contributed by atoms with Gasteiger partial charge in [-0.15, -0.1) is 10.2 Å². The smallest absolute Gasteiger partial charge is 0.208 e. The molecule has 2 aromatic heterocycles. The maximum Gasteiger partial charge on any atom is 0.208 e. The highest BCUT2D eigenvalue weighted by Crippen LogP contribution is 2.17. The summed E-state index contributed by atoms with van der Waals surface area (Å²) in [4.78, 5) is 7.78. The van der Waals surface area contributed by atoms with Gasteiger partial charge in [0.2, 0.25) is 10.0 Å². The Balaban J connectivity index is 1.55. The second kappa shape index (κ2) is 10.9. The van der Waals surface area contributed by atoms with Crippen molar-refractivity contribution in [1.82, 2.24) is 35.1 Å². The van der Waals surface area contributed by atoms with Crippen LogP contribution < -0.4 is 15.4 Å². The van der Waals surface area contributed by atoms with E-state index in [9.17, 15) is 8.42 Å². The zero-order chi connectivity index (χ0) is 22.1. The molecular formula is C20H30N8O2S. The summed E-state index contributed by atoms with van der Waals surface area (Å²) in [6, 6.07) is 8.21. The first kappa shape index (κ1) is 22.8. The van der Waals surface area contributed by atoms with E-state index in [-0.39, 0.29) is 6.54 Å². The predicted molar refractivity (Wildman–Crippen MR) is 123 cm³/mol. The summed E-state index contributed by atoms with van der Waals surface area (Å²) in [5, 5.41) is 15.9. The molecule has 11 heteroatoms. The van der Waals surface area contributed by atoms with Crippen LogP contribution >= 0.6 is 0 Å². The first-order chi connectivity index (χ1) is 15.0. The number of aromatic amines is 1. The van der Waals surface area contributed by atoms with Crippen LogP contribution in [-0.2, 0) is 29.4 Å². The Hall–Kier alpha value is -2.92. The van der Waals surface area contributed by atoms with E-state index < -0.39 is 10.0 Å². The molecular weight excluding hydrogens is 416 g/mol. The molecule has 0 radical (unpaired) electrons. The number of guanidine groups is 1. The first-order valence-corrected chi connectivity index (χ1v) is 12.2. The lowest BCUT2D eigenvalue weighted by Crippen LogP contribution is -2.40. The molecule has 0 bridgehead atoms. The van der Waals surface area contributed by atoms with Gasteiger partial charge < -0.3 is 20.2 Å². The van der Waals surface area contributed by atoms with E-state index in [1.165, 1.54) is 10.9 Å². The number of aromatic nitrogens is 4. The van der Waals surface area contributed by atoms with Crippen molar-refractivity contribution in [3.05, 3.63) is 48.2 Å². The number of para-hydroxylation sites is 1. The van der Waals surface area contributed by atoms with Crippen LogP contribution in [0.25, 0.3) is 10.9 Å². The number of aryl methyl sites for hydroxylation is 1. The van der Waals surface area contributed by atoms with Crippen LogP contribution in [0.5, 0.6) is 0 Å². The molecule has 0 atom stereocenters. The normalized spacial score (nSPS) is 12.4. The Morgan fingerprint density at radius 2 is 2.00 bits per heavy atom. The third-order valence-electron chi connectivity index (χ3n) is 4.76. The van der Waals surface area contributed by atoms with Gasteiger partial charge in [0.15, 0.2) is 5.96 Å². The number of rotatable bonds is 11. The Morgan fingerprint density at radius 1 is 1.19 bits per heavy atom. The van der Waals surface area contributed by atoms with Gasteiger partial charge in [-0.1, -0.05) is 25.1 Å². The Bertz CT molecular complexity index is 1100. The lowest BCUT2D eigenvalue weighted by molar-refractivity contribution is 0.588. The van der Waals surface area contributed by atoms with Crippen LogP contribution in [0.3, 0.4) is 0 Å².